The topological polar surface area (TPSA) is 38.1 Å². The van der Waals surface area contributed by atoms with E-state index in [1.165, 1.54) is 24.8 Å². The molecule has 1 aliphatic heterocycles. The highest BCUT2D eigenvalue weighted by molar-refractivity contribution is 5.56. The van der Waals surface area contributed by atoms with E-state index in [9.17, 15) is 0 Å². The predicted octanol–water partition coefficient (Wildman–Crippen LogP) is 4.11. The highest BCUT2D eigenvalue weighted by Gasteiger charge is 2.21. The van der Waals surface area contributed by atoms with Crippen molar-refractivity contribution in [2.24, 2.45) is 0 Å². The van der Waals surface area contributed by atoms with Gasteiger partial charge in [0.05, 0.1) is 12.2 Å². The molecule has 1 N–H and O–H groups in total. The van der Waals surface area contributed by atoms with Crippen LogP contribution < -0.4 is 5.32 Å². The van der Waals surface area contributed by atoms with Crippen LogP contribution in [0, 0.1) is 0 Å². The normalized spacial score (nSPS) is 18.6. The number of hydrogen-bond acceptors (Lipinski definition) is 3. The number of oxazole rings is 1. The van der Waals surface area contributed by atoms with Gasteiger partial charge in [-0.1, -0.05) is 37.6 Å². The van der Waals surface area contributed by atoms with Crippen LogP contribution in [0.15, 0.2) is 34.9 Å². The molecule has 0 spiro atoms. The first kappa shape index (κ1) is 13.4. The van der Waals surface area contributed by atoms with Gasteiger partial charge in [-0.05, 0) is 37.8 Å². The van der Waals surface area contributed by atoms with Crippen LogP contribution in [0.3, 0.4) is 0 Å². The van der Waals surface area contributed by atoms with Crippen LogP contribution in [0.2, 0.25) is 0 Å². The number of rotatable bonds is 5. The van der Waals surface area contributed by atoms with Gasteiger partial charge in [-0.3, -0.25) is 0 Å². The molecule has 0 radical (unpaired) electrons. The van der Waals surface area contributed by atoms with Crippen molar-refractivity contribution in [3.05, 3.63) is 41.9 Å². The lowest BCUT2D eigenvalue weighted by Crippen LogP contribution is -2.12. The lowest BCUT2D eigenvalue weighted by Gasteiger charge is -2.04. The van der Waals surface area contributed by atoms with Crippen LogP contribution in [-0.4, -0.2) is 11.5 Å². The fourth-order valence-corrected chi connectivity index (χ4v) is 2.69. The Morgan fingerprint density at radius 2 is 2.15 bits per heavy atom. The maximum absolute atomic E-state index is 5.90. The fraction of sp³-hybridized carbons (Fsp3) is 0.471. The summed E-state index contributed by atoms with van der Waals surface area (Å²) in [7, 11) is 0. The van der Waals surface area contributed by atoms with Crippen molar-refractivity contribution in [1.29, 1.82) is 0 Å². The molecule has 20 heavy (non-hydrogen) atoms. The second kappa shape index (κ2) is 6.23. The number of benzene rings is 1. The average Bonchev–Trinajstić information content (AvgIpc) is 3.16. The predicted molar refractivity (Wildman–Crippen MR) is 80.5 cm³/mol. The molecule has 1 saturated heterocycles. The van der Waals surface area contributed by atoms with E-state index in [1.807, 2.05) is 6.20 Å². The molecule has 106 valence electrons. The summed E-state index contributed by atoms with van der Waals surface area (Å²) in [6.07, 6.45) is 7.81. The largest absolute Gasteiger partial charge is 0.439 e. The van der Waals surface area contributed by atoms with Gasteiger partial charge in [-0.25, -0.2) is 4.98 Å². The molecule has 3 rings (SSSR count). The molecule has 0 amide bonds. The molecule has 1 atom stereocenters. The Hall–Kier alpha value is -1.61. The molecule has 1 fully saturated rings. The monoisotopic (exact) mass is 270 g/mol. The quantitative estimate of drug-likeness (QED) is 0.888. The Kier molecular flexibility index (Phi) is 4.16. The minimum Gasteiger partial charge on any atom is -0.439 e. The zero-order valence-corrected chi connectivity index (χ0v) is 12.1. The lowest BCUT2D eigenvalue weighted by atomic mass is 10.1. The molecule has 2 heterocycles. The van der Waals surface area contributed by atoms with Crippen LogP contribution >= 0.6 is 0 Å². The molecule has 0 bridgehead atoms. The minimum absolute atomic E-state index is 0.299. The summed E-state index contributed by atoms with van der Waals surface area (Å²) >= 11 is 0. The molecule has 1 aliphatic rings. The van der Waals surface area contributed by atoms with Crippen molar-refractivity contribution in [2.75, 3.05) is 6.54 Å². The summed E-state index contributed by atoms with van der Waals surface area (Å²) < 4.78 is 5.90. The number of nitrogens with one attached hydrogen (secondary N) is 1. The van der Waals surface area contributed by atoms with E-state index in [0.717, 1.165) is 36.6 Å². The van der Waals surface area contributed by atoms with E-state index < -0.39 is 0 Å². The number of hydrogen-bond donors (Lipinski definition) is 1. The zero-order chi connectivity index (χ0) is 13.8. The maximum atomic E-state index is 5.90. The summed E-state index contributed by atoms with van der Waals surface area (Å²) in [4.78, 5) is 4.42. The highest BCUT2D eigenvalue weighted by atomic mass is 16.4. The van der Waals surface area contributed by atoms with E-state index in [2.05, 4.69) is 41.5 Å². The van der Waals surface area contributed by atoms with Gasteiger partial charge >= 0.3 is 0 Å². The van der Waals surface area contributed by atoms with Crippen molar-refractivity contribution in [3.63, 3.8) is 0 Å². The molecule has 0 aliphatic carbocycles. The third-order valence-electron chi connectivity index (χ3n) is 3.94. The van der Waals surface area contributed by atoms with Crippen LogP contribution in [0.25, 0.3) is 11.3 Å². The van der Waals surface area contributed by atoms with E-state index in [1.54, 1.807) is 0 Å². The first-order valence-electron chi connectivity index (χ1n) is 7.65. The molecule has 3 nitrogen and oxygen atoms in total. The second-order valence-electron chi connectivity index (χ2n) is 5.51. The van der Waals surface area contributed by atoms with Gasteiger partial charge < -0.3 is 9.73 Å². The average molecular weight is 270 g/mol. The van der Waals surface area contributed by atoms with E-state index in [0.29, 0.717) is 6.04 Å². The van der Waals surface area contributed by atoms with Crippen molar-refractivity contribution >= 4 is 0 Å². The summed E-state index contributed by atoms with van der Waals surface area (Å²) in [5, 5.41) is 3.41. The molecule has 3 heteroatoms. The van der Waals surface area contributed by atoms with E-state index in [-0.39, 0.29) is 0 Å². The Bertz CT molecular complexity index is 538. The summed E-state index contributed by atoms with van der Waals surface area (Å²) in [5.74, 6) is 1.70. The first-order valence-corrected chi connectivity index (χ1v) is 7.65. The van der Waals surface area contributed by atoms with Crippen LogP contribution in [-0.2, 0) is 6.42 Å². The number of aromatic nitrogens is 1. The van der Waals surface area contributed by atoms with Crippen LogP contribution in [0.1, 0.15) is 50.1 Å². The minimum atomic E-state index is 0.299. The molecule has 1 aromatic carbocycles. The SMILES string of the molecule is CCCCc1ccc(-c2cnc(C3CCCN3)o2)cc1. The van der Waals surface area contributed by atoms with E-state index >= 15 is 0 Å². The Labute approximate surface area is 120 Å². The van der Waals surface area contributed by atoms with Crippen molar-refractivity contribution in [1.82, 2.24) is 10.3 Å². The third-order valence-corrected chi connectivity index (χ3v) is 3.94. The fourth-order valence-electron chi connectivity index (χ4n) is 2.69. The molecule has 1 aromatic heterocycles. The standard InChI is InChI=1S/C17H22N2O/c1-2-3-5-13-7-9-14(10-8-13)16-12-19-17(20-16)15-6-4-11-18-15/h7-10,12,15,18H,2-6,11H2,1H3. The zero-order valence-electron chi connectivity index (χ0n) is 12.1. The Balaban J connectivity index is 1.72. The maximum Gasteiger partial charge on any atom is 0.212 e. The Morgan fingerprint density at radius 3 is 2.85 bits per heavy atom. The molecule has 0 saturated carbocycles. The number of nitrogens with zero attached hydrogens (tertiary/aromatic N) is 1. The van der Waals surface area contributed by atoms with Crippen molar-refractivity contribution in [2.45, 2.75) is 45.1 Å². The van der Waals surface area contributed by atoms with Gasteiger partial charge in [-0.2, -0.15) is 0 Å². The Morgan fingerprint density at radius 1 is 1.30 bits per heavy atom. The highest BCUT2D eigenvalue weighted by Crippen LogP contribution is 2.27. The van der Waals surface area contributed by atoms with Crippen LogP contribution in [0.4, 0.5) is 0 Å². The van der Waals surface area contributed by atoms with Gasteiger partial charge in [0.1, 0.15) is 0 Å². The van der Waals surface area contributed by atoms with Gasteiger partial charge in [0.15, 0.2) is 5.76 Å². The smallest absolute Gasteiger partial charge is 0.212 e. The van der Waals surface area contributed by atoms with Crippen molar-refractivity contribution in [3.8, 4) is 11.3 Å². The molecular weight excluding hydrogens is 248 g/mol. The summed E-state index contributed by atoms with van der Waals surface area (Å²) in [5.41, 5.74) is 2.51. The van der Waals surface area contributed by atoms with Gasteiger partial charge in [-0.15, -0.1) is 0 Å². The van der Waals surface area contributed by atoms with Gasteiger partial charge in [0.2, 0.25) is 5.89 Å². The first-order chi connectivity index (χ1) is 9.86. The summed E-state index contributed by atoms with van der Waals surface area (Å²) in [6, 6.07) is 8.96. The molecular formula is C17H22N2O. The van der Waals surface area contributed by atoms with Gasteiger partial charge in [0.25, 0.3) is 0 Å². The van der Waals surface area contributed by atoms with Crippen molar-refractivity contribution < 1.29 is 4.42 Å². The van der Waals surface area contributed by atoms with E-state index in [4.69, 9.17) is 4.42 Å². The molecule has 1 unspecified atom stereocenters. The summed E-state index contributed by atoms with van der Waals surface area (Å²) in [6.45, 7) is 3.29. The van der Waals surface area contributed by atoms with Gasteiger partial charge in [0, 0.05) is 5.56 Å². The molecule has 2 aromatic rings. The second-order valence-corrected chi connectivity index (χ2v) is 5.51. The lowest BCUT2D eigenvalue weighted by molar-refractivity contribution is 0.437. The number of unbranched alkanes of at least 4 members (excludes halogenated alkanes) is 1. The number of aryl methyl sites for hydroxylation is 1. The van der Waals surface area contributed by atoms with Crippen LogP contribution in [0.5, 0.6) is 0 Å². The third kappa shape index (κ3) is 2.93.